The van der Waals surface area contributed by atoms with Crippen LogP contribution in [0.3, 0.4) is 0 Å². The van der Waals surface area contributed by atoms with E-state index in [9.17, 15) is 5.11 Å². The van der Waals surface area contributed by atoms with Gasteiger partial charge in [0, 0.05) is 34.2 Å². The van der Waals surface area contributed by atoms with Crippen LogP contribution in [0.4, 0.5) is 5.69 Å². The number of nitrogens with two attached hydrogens (primary N) is 1. The van der Waals surface area contributed by atoms with E-state index in [0.29, 0.717) is 17.0 Å². The topological polar surface area (TPSA) is 124 Å². The molecule has 1 aromatic carbocycles. The van der Waals surface area contributed by atoms with Crippen molar-refractivity contribution in [3.8, 4) is 11.5 Å². The number of benzene rings is 1. The maximum absolute atomic E-state index is 10.5. The summed E-state index contributed by atoms with van der Waals surface area (Å²) < 4.78 is 33.1. The van der Waals surface area contributed by atoms with Crippen molar-refractivity contribution >= 4 is 5.69 Å². The fraction of sp³-hybridized carbons (Fsp3) is 0.316. The number of allylic oxidation sites excluding steroid dienone is 3. The number of hydrogen-bond acceptors (Lipinski definition) is 4. The van der Waals surface area contributed by atoms with Crippen LogP contribution in [-0.4, -0.2) is 19.3 Å². The fourth-order valence-electron chi connectivity index (χ4n) is 2.62. The maximum atomic E-state index is 10.5. The molecule has 2 rings (SSSR count). The first-order valence-electron chi connectivity index (χ1n) is 7.20. The number of aromatic hydroxyl groups is 1. The number of anilines is 1. The van der Waals surface area contributed by atoms with Gasteiger partial charge in [-0.3, -0.25) is 0 Å². The van der Waals surface area contributed by atoms with E-state index in [-0.39, 0.29) is 28.7 Å². The normalized spacial score (nSPS) is 13.4. The minimum absolute atomic E-state index is 0. The summed E-state index contributed by atoms with van der Waals surface area (Å²) in [6, 6.07) is 0. The molecule has 1 unspecified atom stereocenters. The molecule has 1 atom stereocenters. The second-order valence-corrected chi connectivity index (χ2v) is 4.98. The van der Waals surface area contributed by atoms with E-state index in [0.717, 1.165) is 23.3 Å². The molecule has 0 bridgehead atoms. The van der Waals surface area contributed by atoms with Gasteiger partial charge in [0.15, 0.2) is 11.5 Å². The summed E-state index contributed by atoms with van der Waals surface area (Å²) in [6.45, 7) is 17.3. The molecular formula is C19H21FeNO6. The van der Waals surface area contributed by atoms with Crippen molar-refractivity contribution in [2.75, 3.05) is 20.0 Å². The zero-order chi connectivity index (χ0) is 20.9. The summed E-state index contributed by atoms with van der Waals surface area (Å²) in [7, 11) is 3.18. The van der Waals surface area contributed by atoms with Crippen LogP contribution in [0.5, 0.6) is 11.5 Å². The third-order valence-corrected chi connectivity index (χ3v) is 3.92. The average Bonchev–Trinajstić information content (AvgIpc) is 2.71. The zero-order valence-corrected chi connectivity index (χ0v) is 16.5. The molecule has 0 heterocycles. The van der Waals surface area contributed by atoms with Crippen LogP contribution in [-0.2, 0) is 35.8 Å². The van der Waals surface area contributed by atoms with Gasteiger partial charge in [0.2, 0.25) is 0 Å². The van der Waals surface area contributed by atoms with Gasteiger partial charge in [-0.1, -0.05) is 6.08 Å². The van der Waals surface area contributed by atoms with Gasteiger partial charge in [0.05, 0.1) is 14.2 Å². The van der Waals surface area contributed by atoms with E-state index < -0.39 is 0 Å². The predicted octanol–water partition coefficient (Wildman–Crippen LogP) is 3.06. The second-order valence-electron chi connectivity index (χ2n) is 4.98. The molecule has 0 aliphatic heterocycles. The van der Waals surface area contributed by atoms with Gasteiger partial charge in [-0.2, -0.15) is 0 Å². The summed E-state index contributed by atoms with van der Waals surface area (Å²) >= 11 is 0. The van der Waals surface area contributed by atoms with Crippen LogP contribution in [0, 0.1) is 33.8 Å². The molecule has 1 aliphatic carbocycles. The summed E-state index contributed by atoms with van der Waals surface area (Å²) in [5, 5.41) is 10.5. The molecule has 0 radical (unpaired) electrons. The molecule has 0 aromatic heterocycles. The number of rotatable bonds is 3. The SMILES string of the molecule is COC1=CC(c2c(N)c(C)c(C)c(OC)c2O)CC=C1.[C-]#[O+].[C-]#[O+].[C-]#[O+].[Fe]. The largest absolute Gasteiger partial charge is 0 e. The van der Waals surface area contributed by atoms with E-state index in [4.69, 9.17) is 29.2 Å². The molecule has 7 nitrogen and oxygen atoms in total. The number of methoxy groups -OCH3 is 2. The van der Waals surface area contributed by atoms with Crippen molar-refractivity contribution in [3.63, 3.8) is 0 Å². The molecule has 0 amide bonds. The Balaban J connectivity index is -0.000000749. The molecule has 146 valence electrons. The summed E-state index contributed by atoms with van der Waals surface area (Å²) in [5.41, 5.74) is 9.36. The molecule has 0 saturated carbocycles. The van der Waals surface area contributed by atoms with Gasteiger partial charge in [-0.15, -0.1) is 0 Å². The van der Waals surface area contributed by atoms with Crippen LogP contribution in [0.15, 0.2) is 24.0 Å². The zero-order valence-electron chi connectivity index (χ0n) is 15.4. The van der Waals surface area contributed by atoms with Crippen LogP contribution in [0.1, 0.15) is 29.0 Å². The standard InChI is InChI=1S/C16H21NO3.3CO.Fe/c1-9-10(2)16(20-4)15(18)13(14(9)17)11-6-5-7-12(8-11)19-3;3*1-2;/h5,7-8,11,18H,6,17H2,1-4H3;;;;. The molecule has 0 fully saturated rings. The number of nitrogen functional groups attached to an aromatic ring is 1. The van der Waals surface area contributed by atoms with E-state index in [1.165, 1.54) is 0 Å². The third-order valence-electron chi connectivity index (χ3n) is 3.92. The molecule has 3 N–H and O–H groups in total. The fourth-order valence-corrected chi connectivity index (χ4v) is 2.62. The van der Waals surface area contributed by atoms with E-state index >= 15 is 0 Å². The minimum atomic E-state index is -0.0110. The Hall–Kier alpha value is -2.36. The van der Waals surface area contributed by atoms with Gasteiger partial charge in [-0.05, 0) is 43.5 Å². The van der Waals surface area contributed by atoms with Gasteiger partial charge in [0.1, 0.15) is 5.76 Å². The number of phenolic OH excluding ortho intramolecular Hbond substituents is 1. The van der Waals surface area contributed by atoms with Crippen LogP contribution >= 0.6 is 0 Å². The third kappa shape index (κ3) is 7.04. The monoisotopic (exact) mass is 415 g/mol. The number of ether oxygens (including phenoxy) is 2. The molecule has 1 aromatic rings. The second kappa shape index (κ2) is 15.9. The Morgan fingerprint density at radius 2 is 1.56 bits per heavy atom. The molecular weight excluding hydrogens is 394 g/mol. The minimum Gasteiger partial charge on any atom is 0 e. The van der Waals surface area contributed by atoms with Crippen molar-refractivity contribution in [1.82, 2.24) is 0 Å². The average molecular weight is 415 g/mol. The quantitative estimate of drug-likeness (QED) is 0.341. The smallest absolute Gasteiger partial charge is 0 e. The van der Waals surface area contributed by atoms with Gasteiger partial charge < -0.3 is 20.3 Å². The summed E-state index contributed by atoms with van der Waals surface area (Å²) in [6.07, 6.45) is 6.68. The predicted molar refractivity (Wildman–Crippen MR) is 91.9 cm³/mol. The molecule has 1 aliphatic rings. The number of hydrogen-bond donors (Lipinski definition) is 2. The maximum Gasteiger partial charge on any atom is 0 e. The molecule has 0 spiro atoms. The van der Waals surface area contributed by atoms with Gasteiger partial charge in [0.25, 0.3) is 0 Å². The van der Waals surface area contributed by atoms with Crippen molar-refractivity contribution in [3.05, 3.63) is 60.6 Å². The van der Waals surface area contributed by atoms with Crippen molar-refractivity contribution in [2.24, 2.45) is 0 Å². The Morgan fingerprint density at radius 1 is 1.04 bits per heavy atom. The van der Waals surface area contributed by atoms with Crippen LogP contribution < -0.4 is 10.5 Å². The van der Waals surface area contributed by atoms with Crippen LogP contribution in [0.25, 0.3) is 0 Å². The van der Waals surface area contributed by atoms with Crippen molar-refractivity contribution in [2.45, 2.75) is 26.2 Å². The van der Waals surface area contributed by atoms with E-state index in [2.05, 4.69) is 20.0 Å². The Labute approximate surface area is 169 Å². The molecule has 0 saturated heterocycles. The Bertz CT molecular complexity index is 705. The summed E-state index contributed by atoms with van der Waals surface area (Å²) in [5.74, 6) is 1.38. The van der Waals surface area contributed by atoms with E-state index in [1.807, 2.05) is 32.1 Å². The summed E-state index contributed by atoms with van der Waals surface area (Å²) in [4.78, 5) is 0. The van der Waals surface area contributed by atoms with E-state index in [1.54, 1.807) is 14.2 Å². The van der Waals surface area contributed by atoms with Gasteiger partial charge >= 0.3 is 33.9 Å². The Morgan fingerprint density at radius 3 is 2.00 bits per heavy atom. The van der Waals surface area contributed by atoms with Gasteiger partial charge in [-0.25, -0.2) is 0 Å². The first-order chi connectivity index (χ1) is 12.5. The number of phenols is 1. The van der Waals surface area contributed by atoms with Crippen molar-refractivity contribution in [1.29, 1.82) is 0 Å². The Kier molecular flexibility index (Phi) is 17.3. The van der Waals surface area contributed by atoms with Crippen LogP contribution in [0.2, 0.25) is 0 Å². The molecule has 8 heteroatoms. The first kappa shape index (κ1) is 29.4. The molecule has 27 heavy (non-hydrogen) atoms. The first-order valence-corrected chi connectivity index (χ1v) is 7.20. The van der Waals surface area contributed by atoms with Crippen molar-refractivity contribution < 1.29 is 45.6 Å².